The summed E-state index contributed by atoms with van der Waals surface area (Å²) in [7, 11) is 0. The van der Waals surface area contributed by atoms with Crippen molar-refractivity contribution in [3.05, 3.63) is 89.6 Å². The van der Waals surface area contributed by atoms with Crippen molar-refractivity contribution in [1.29, 1.82) is 0 Å². The highest BCUT2D eigenvalue weighted by Gasteiger charge is 2.40. The van der Waals surface area contributed by atoms with Crippen LogP contribution in [-0.4, -0.2) is 47.9 Å². The molecule has 33 heavy (non-hydrogen) atoms. The van der Waals surface area contributed by atoms with Crippen molar-refractivity contribution in [3.8, 4) is 11.1 Å². The molecule has 2 N–H and O–H groups in total. The van der Waals surface area contributed by atoms with Crippen LogP contribution in [0.4, 0.5) is 10.6 Å². The highest BCUT2D eigenvalue weighted by molar-refractivity contribution is 5.79. The number of rotatable bonds is 3. The molecule has 6 nitrogen and oxygen atoms in total. The number of benzene rings is 2. The lowest BCUT2D eigenvalue weighted by molar-refractivity contribution is -0.0331. The zero-order valence-electron chi connectivity index (χ0n) is 18.2. The molecule has 6 rings (SSSR count). The number of pyridine rings is 1. The number of nitrogens with zero attached hydrogens (tertiary/aromatic N) is 2. The van der Waals surface area contributed by atoms with Gasteiger partial charge in [0.25, 0.3) is 0 Å². The Labute approximate surface area is 192 Å². The van der Waals surface area contributed by atoms with Crippen molar-refractivity contribution < 1.29 is 14.3 Å². The molecule has 0 saturated carbocycles. The number of nitrogens with two attached hydrogens (primary N) is 1. The van der Waals surface area contributed by atoms with Crippen LogP contribution >= 0.6 is 0 Å². The molecule has 3 aromatic rings. The van der Waals surface area contributed by atoms with Crippen molar-refractivity contribution in [3.63, 3.8) is 0 Å². The van der Waals surface area contributed by atoms with E-state index in [-0.39, 0.29) is 24.1 Å². The number of anilines is 1. The van der Waals surface area contributed by atoms with Crippen molar-refractivity contribution >= 4 is 17.5 Å². The van der Waals surface area contributed by atoms with Gasteiger partial charge in [0.15, 0.2) is 0 Å². The van der Waals surface area contributed by atoms with Gasteiger partial charge in [-0.2, -0.15) is 0 Å². The Kier molecular flexibility index (Phi) is 4.88. The fraction of sp³-hybridized carbons (Fsp3) is 0.259. The summed E-state index contributed by atoms with van der Waals surface area (Å²) in [4.78, 5) is 19.3. The minimum atomic E-state index is -0.277. The van der Waals surface area contributed by atoms with E-state index in [1.807, 2.05) is 23.1 Å². The molecule has 166 valence electrons. The molecule has 3 heterocycles. The molecule has 1 saturated heterocycles. The third kappa shape index (κ3) is 3.47. The van der Waals surface area contributed by atoms with Crippen LogP contribution in [0.5, 0.6) is 0 Å². The number of amides is 1. The van der Waals surface area contributed by atoms with E-state index < -0.39 is 0 Å². The van der Waals surface area contributed by atoms with Gasteiger partial charge in [-0.25, -0.2) is 9.78 Å². The Balaban J connectivity index is 1.22. The Morgan fingerprint density at radius 1 is 1.03 bits per heavy atom. The van der Waals surface area contributed by atoms with Crippen molar-refractivity contribution in [2.45, 2.75) is 24.4 Å². The molecule has 2 aromatic carbocycles. The standard InChI is InChI=1S/C27H25N3O3/c28-26-10-9-17(13-29-26)18-11-19-14-32-15-20(12-18)30(19)27(31)33-16-25-23-7-3-1-5-21(23)22-6-2-4-8-24(22)25/h1-11,13,19-20,25H,12,14-16H2,(H2,28,29). The van der Waals surface area contributed by atoms with Gasteiger partial charge in [-0.05, 0) is 51.9 Å². The molecular weight excluding hydrogens is 414 g/mol. The van der Waals surface area contributed by atoms with E-state index in [1.165, 1.54) is 27.8 Å². The number of nitrogen functional groups attached to an aromatic ring is 1. The minimum Gasteiger partial charge on any atom is -0.448 e. The molecule has 1 aromatic heterocycles. The van der Waals surface area contributed by atoms with Gasteiger partial charge in [0, 0.05) is 12.1 Å². The average molecular weight is 440 g/mol. The highest BCUT2D eigenvalue weighted by atomic mass is 16.6. The third-order valence-electron chi connectivity index (χ3n) is 6.90. The van der Waals surface area contributed by atoms with Gasteiger partial charge < -0.3 is 15.2 Å². The van der Waals surface area contributed by atoms with Gasteiger partial charge in [-0.1, -0.05) is 54.6 Å². The predicted octanol–water partition coefficient (Wildman–Crippen LogP) is 4.47. The predicted molar refractivity (Wildman–Crippen MR) is 127 cm³/mol. The lowest BCUT2D eigenvalue weighted by Gasteiger charge is -2.43. The Hall–Kier alpha value is -3.64. The zero-order valence-corrected chi connectivity index (χ0v) is 18.2. The largest absolute Gasteiger partial charge is 0.448 e. The molecule has 3 aliphatic rings. The van der Waals surface area contributed by atoms with Gasteiger partial charge in [0.05, 0.1) is 25.3 Å². The molecule has 0 radical (unpaired) electrons. The van der Waals surface area contributed by atoms with Crippen LogP contribution in [0.15, 0.2) is 72.9 Å². The van der Waals surface area contributed by atoms with Gasteiger partial charge >= 0.3 is 6.09 Å². The molecule has 2 aliphatic heterocycles. The average Bonchev–Trinajstić information content (AvgIpc) is 3.16. The SMILES string of the molecule is Nc1ccc(C2=CC3COCC(C2)N3C(=O)OCC2c3ccccc3-c3ccccc32)cn1. The summed E-state index contributed by atoms with van der Waals surface area (Å²) in [6, 6.07) is 20.3. The first kappa shape index (κ1) is 20.0. The van der Waals surface area contributed by atoms with Gasteiger partial charge in [-0.15, -0.1) is 0 Å². The van der Waals surface area contributed by atoms with Crippen LogP contribution < -0.4 is 5.73 Å². The maximum absolute atomic E-state index is 13.3. The number of aromatic nitrogens is 1. The Morgan fingerprint density at radius 3 is 2.42 bits per heavy atom. The van der Waals surface area contributed by atoms with Crippen LogP contribution in [0, 0.1) is 0 Å². The maximum atomic E-state index is 13.3. The summed E-state index contributed by atoms with van der Waals surface area (Å²) in [5.74, 6) is 0.549. The van der Waals surface area contributed by atoms with E-state index in [9.17, 15) is 4.79 Å². The van der Waals surface area contributed by atoms with Crippen LogP contribution in [0.3, 0.4) is 0 Å². The fourth-order valence-corrected chi connectivity index (χ4v) is 5.36. The number of carbonyl (C=O) groups is 1. The van der Waals surface area contributed by atoms with Gasteiger partial charge in [0.1, 0.15) is 12.4 Å². The Bertz CT molecular complexity index is 1190. The minimum absolute atomic E-state index is 0.0502. The van der Waals surface area contributed by atoms with Crippen molar-refractivity contribution in [2.75, 3.05) is 25.6 Å². The summed E-state index contributed by atoms with van der Waals surface area (Å²) in [5.41, 5.74) is 12.8. The lowest BCUT2D eigenvalue weighted by Crippen LogP contribution is -2.56. The molecule has 2 atom stereocenters. The van der Waals surface area contributed by atoms with E-state index in [4.69, 9.17) is 15.2 Å². The third-order valence-corrected chi connectivity index (χ3v) is 6.90. The normalized spacial score (nSPS) is 21.2. The number of fused-ring (bicyclic) bond motifs is 5. The first-order chi connectivity index (χ1) is 16.2. The molecular formula is C27H25N3O3. The second kappa shape index (κ2) is 8.05. The number of hydrogen-bond acceptors (Lipinski definition) is 5. The molecule has 1 aliphatic carbocycles. The first-order valence-corrected chi connectivity index (χ1v) is 11.3. The molecule has 2 unspecified atom stereocenters. The van der Waals surface area contributed by atoms with E-state index in [0.29, 0.717) is 32.1 Å². The summed E-state index contributed by atoms with van der Waals surface area (Å²) in [5, 5.41) is 0. The summed E-state index contributed by atoms with van der Waals surface area (Å²) in [6.07, 6.45) is 4.32. The molecule has 0 spiro atoms. The lowest BCUT2D eigenvalue weighted by atomic mass is 9.91. The maximum Gasteiger partial charge on any atom is 0.410 e. The number of carbonyl (C=O) groups excluding carboxylic acids is 1. The second-order valence-corrected chi connectivity index (χ2v) is 8.84. The smallest absolute Gasteiger partial charge is 0.410 e. The summed E-state index contributed by atoms with van der Waals surface area (Å²) >= 11 is 0. The monoisotopic (exact) mass is 439 g/mol. The van der Waals surface area contributed by atoms with E-state index >= 15 is 0 Å². The van der Waals surface area contributed by atoms with Crippen LogP contribution in [0.25, 0.3) is 16.7 Å². The summed E-state index contributed by atoms with van der Waals surface area (Å²) in [6.45, 7) is 1.29. The Morgan fingerprint density at radius 2 is 1.76 bits per heavy atom. The highest BCUT2D eigenvalue weighted by Crippen LogP contribution is 2.44. The van der Waals surface area contributed by atoms with Gasteiger partial charge in [0.2, 0.25) is 0 Å². The topological polar surface area (TPSA) is 77.7 Å². The van der Waals surface area contributed by atoms with Crippen LogP contribution in [0.2, 0.25) is 0 Å². The van der Waals surface area contributed by atoms with Crippen molar-refractivity contribution in [1.82, 2.24) is 9.88 Å². The molecule has 6 heteroatoms. The van der Waals surface area contributed by atoms with E-state index in [2.05, 4.69) is 47.5 Å². The first-order valence-electron chi connectivity index (χ1n) is 11.3. The molecule has 1 amide bonds. The van der Waals surface area contributed by atoms with E-state index in [1.54, 1.807) is 12.3 Å². The van der Waals surface area contributed by atoms with Crippen LogP contribution in [-0.2, 0) is 9.47 Å². The quantitative estimate of drug-likeness (QED) is 0.652. The van der Waals surface area contributed by atoms with Crippen molar-refractivity contribution in [2.24, 2.45) is 0 Å². The number of morpholine rings is 1. The second-order valence-electron chi connectivity index (χ2n) is 8.84. The zero-order chi connectivity index (χ0) is 22.4. The number of ether oxygens (including phenoxy) is 2. The summed E-state index contributed by atoms with van der Waals surface area (Å²) < 4.78 is 11.7. The molecule has 2 bridgehead atoms. The van der Waals surface area contributed by atoms with E-state index in [0.717, 1.165) is 5.56 Å². The number of hydrogen-bond donors (Lipinski definition) is 1. The fourth-order valence-electron chi connectivity index (χ4n) is 5.36. The van der Waals surface area contributed by atoms with Gasteiger partial charge in [-0.3, -0.25) is 4.90 Å². The van der Waals surface area contributed by atoms with Crippen LogP contribution in [0.1, 0.15) is 29.0 Å². The molecule has 1 fully saturated rings.